The molecule has 0 bridgehead atoms. The van der Waals surface area contributed by atoms with Crippen molar-refractivity contribution in [1.82, 2.24) is 25.3 Å². The second-order valence-corrected chi connectivity index (χ2v) is 4.21. The summed E-state index contributed by atoms with van der Waals surface area (Å²) in [4.78, 5) is 34.5. The number of aryl methyl sites for hydroxylation is 1. The van der Waals surface area contributed by atoms with Crippen molar-refractivity contribution in [2.24, 2.45) is 7.05 Å². The summed E-state index contributed by atoms with van der Waals surface area (Å²) in [5, 5.41) is 16.9. The second kappa shape index (κ2) is 7.12. The van der Waals surface area contributed by atoms with Crippen molar-refractivity contribution >= 4 is 17.9 Å². The second-order valence-electron chi connectivity index (χ2n) is 4.21. The SMILES string of the molecule is CN(Cc1cnn(C)c1)C(=O)NCC(=O)NCC(=O)O. The maximum Gasteiger partial charge on any atom is 0.322 e. The standard InChI is InChI=1S/C11H17N5O4/c1-15(6-8-3-14-16(2)7-8)11(20)13-4-9(17)12-5-10(18)19/h3,7H,4-6H2,1-2H3,(H,12,17)(H,13,20)(H,18,19). The average Bonchev–Trinajstić information content (AvgIpc) is 2.78. The zero-order valence-electron chi connectivity index (χ0n) is 11.3. The summed E-state index contributed by atoms with van der Waals surface area (Å²) >= 11 is 0. The molecule has 20 heavy (non-hydrogen) atoms. The van der Waals surface area contributed by atoms with Gasteiger partial charge in [0.1, 0.15) is 6.54 Å². The van der Waals surface area contributed by atoms with Gasteiger partial charge in [-0.2, -0.15) is 5.10 Å². The van der Waals surface area contributed by atoms with Gasteiger partial charge in [-0.15, -0.1) is 0 Å². The number of nitrogens with zero attached hydrogens (tertiary/aromatic N) is 3. The number of hydrogen-bond donors (Lipinski definition) is 3. The lowest BCUT2D eigenvalue weighted by atomic mass is 10.3. The first kappa shape index (κ1) is 15.5. The molecule has 1 heterocycles. The molecule has 3 amide bonds. The van der Waals surface area contributed by atoms with Crippen LogP contribution < -0.4 is 10.6 Å². The van der Waals surface area contributed by atoms with Gasteiger partial charge in [0.15, 0.2) is 0 Å². The van der Waals surface area contributed by atoms with Crippen LogP contribution in [0.1, 0.15) is 5.56 Å². The maximum absolute atomic E-state index is 11.7. The largest absolute Gasteiger partial charge is 0.480 e. The number of urea groups is 1. The highest BCUT2D eigenvalue weighted by Gasteiger charge is 2.11. The molecule has 9 nitrogen and oxygen atoms in total. The van der Waals surface area contributed by atoms with Crippen LogP contribution in [-0.2, 0) is 23.2 Å². The molecule has 0 unspecified atom stereocenters. The van der Waals surface area contributed by atoms with Crippen LogP contribution in [0.15, 0.2) is 12.4 Å². The van der Waals surface area contributed by atoms with Gasteiger partial charge in [0, 0.05) is 25.9 Å². The van der Waals surface area contributed by atoms with Crippen molar-refractivity contribution in [3.63, 3.8) is 0 Å². The van der Waals surface area contributed by atoms with E-state index < -0.39 is 24.5 Å². The molecule has 0 aliphatic carbocycles. The average molecular weight is 283 g/mol. The number of carbonyl (C=O) groups excluding carboxylic acids is 2. The molecule has 0 atom stereocenters. The van der Waals surface area contributed by atoms with Gasteiger partial charge in [0.25, 0.3) is 0 Å². The van der Waals surface area contributed by atoms with Gasteiger partial charge in [-0.1, -0.05) is 0 Å². The monoisotopic (exact) mass is 283 g/mol. The normalized spacial score (nSPS) is 9.90. The Hall–Kier alpha value is -2.58. The Kier molecular flexibility index (Phi) is 5.51. The molecular formula is C11H17N5O4. The van der Waals surface area contributed by atoms with Gasteiger partial charge in [-0.25, -0.2) is 4.79 Å². The zero-order valence-corrected chi connectivity index (χ0v) is 11.3. The minimum Gasteiger partial charge on any atom is -0.480 e. The van der Waals surface area contributed by atoms with Crippen molar-refractivity contribution in [2.75, 3.05) is 20.1 Å². The van der Waals surface area contributed by atoms with Gasteiger partial charge >= 0.3 is 12.0 Å². The van der Waals surface area contributed by atoms with Crippen molar-refractivity contribution in [1.29, 1.82) is 0 Å². The quantitative estimate of drug-likeness (QED) is 0.604. The molecule has 0 saturated carbocycles. The molecule has 0 aliphatic heterocycles. The van der Waals surface area contributed by atoms with E-state index in [1.807, 2.05) is 0 Å². The number of carboxylic acids is 1. The summed E-state index contributed by atoms with van der Waals surface area (Å²) in [5.74, 6) is -1.70. The third-order valence-corrected chi connectivity index (χ3v) is 2.36. The Labute approximate surface area is 115 Å². The van der Waals surface area contributed by atoms with E-state index in [0.29, 0.717) is 6.54 Å². The number of carbonyl (C=O) groups is 3. The summed E-state index contributed by atoms with van der Waals surface area (Å²) in [7, 11) is 3.36. The minimum absolute atomic E-state index is 0.274. The molecule has 1 aromatic heterocycles. The van der Waals surface area contributed by atoms with Gasteiger partial charge in [0.05, 0.1) is 19.3 Å². The number of nitrogens with one attached hydrogen (secondary N) is 2. The van der Waals surface area contributed by atoms with Crippen LogP contribution >= 0.6 is 0 Å². The number of aliphatic carboxylic acids is 1. The van der Waals surface area contributed by atoms with E-state index in [9.17, 15) is 14.4 Å². The van der Waals surface area contributed by atoms with Crippen molar-refractivity contribution in [3.05, 3.63) is 18.0 Å². The Morgan fingerprint density at radius 1 is 1.35 bits per heavy atom. The number of aromatic nitrogens is 2. The van der Waals surface area contributed by atoms with E-state index >= 15 is 0 Å². The van der Waals surface area contributed by atoms with Crippen molar-refractivity contribution in [3.8, 4) is 0 Å². The Morgan fingerprint density at radius 3 is 2.60 bits per heavy atom. The topological polar surface area (TPSA) is 117 Å². The first-order valence-corrected chi connectivity index (χ1v) is 5.83. The van der Waals surface area contributed by atoms with E-state index in [1.54, 1.807) is 31.2 Å². The van der Waals surface area contributed by atoms with E-state index in [1.165, 1.54) is 4.90 Å². The molecule has 3 N–H and O–H groups in total. The number of rotatable bonds is 6. The first-order valence-electron chi connectivity index (χ1n) is 5.83. The smallest absolute Gasteiger partial charge is 0.322 e. The molecule has 0 radical (unpaired) electrons. The van der Waals surface area contributed by atoms with Crippen LogP contribution in [0.5, 0.6) is 0 Å². The third-order valence-electron chi connectivity index (χ3n) is 2.36. The third kappa shape index (κ3) is 5.38. The summed E-state index contributed by atoms with van der Waals surface area (Å²) in [6.07, 6.45) is 3.42. The molecule has 1 rings (SSSR count). The lowest BCUT2D eigenvalue weighted by Crippen LogP contribution is -2.43. The van der Waals surface area contributed by atoms with Crippen LogP contribution in [0.4, 0.5) is 4.79 Å². The number of hydrogen-bond acceptors (Lipinski definition) is 4. The Balaban J connectivity index is 2.31. The van der Waals surface area contributed by atoms with E-state index in [2.05, 4.69) is 15.7 Å². The summed E-state index contributed by atoms with van der Waals surface area (Å²) in [6, 6.07) is -0.431. The van der Waals surface area contributed by atoms with Crippen molar-refractivity contribution in [2.45, 2.75) is 6.54 Å². The highest BCUT2D eigenvalue weighted by molar-refractivity contribution is 5.86. The molecule has 110 valence electrons. The fourth-order valence-corrected chi connectivity index (χ4v) is 1.43. The molecule has 0 aliphatic rings. The lowest BCUT2D eigenvalue weighted by Gasteiger charge is -2.16. The highest BCUT2D eigenvalue weighted by Crippen LogP contribution is 2.00. The molecule has 9 heteroatoms. The van der Waals surface area contributed by atoms with Gasteiger partial charge in [-0.05, 0) is 0 Å². The number of carboxylic acid groups (broad SMARTS) is 1. The van der Waals surface area contributed by atoms with Gasteiger partial charge < -0.3 is 20.6 Å². The van der Waals surface area contributed by atoms with E-state index in [0.717, 1.165) is 5.56 Å². The zero-order chi connectivity index (χ0) is 15.1. The van der Waals surface area contributed by atoms with Crippen LogP contribution in [0, 0.1) is 0 Å². The Morgan fingerprint density at radius 2 is 2.05 bits per heavy atom. The predicted molar refractivity (Wildman–Crippen MR) is 68.7 cm³/mol. The lowest BCUT2D eigenvalue weighted by molar-refractivity contribution is -0.137. The molecule has 0 aromatic carbocycles. The van der Waals surface area contributed by atoms with Crippen LogP contribution in [0.25, 0.3) is 0 Å². The fourth-order valence-electron chi connectivity index (χ4n) is 1.43. The summed E-state index contributed by atoms with van der Waals surface area (Å²) in [6.45, 7) is -0.389. The molecule has 0 spiro atoms. The van der Waals surface area contributed by atoms with Gasteiger partial charge in [0.2, 0.25) is 5.91 Å². The van der Waals surface area contributed by atoms with Crippen molar-refractivity contribution < 1.29 is 19.5 Å². The van der Waals surface area contributed by atoms with Crippen LogP contribution in [0.3, 0.4) is 0 Å². The number of amides is 3. The van der Waals surface area contributed by atoms with Crippen LogP contribution in [-0.4, -0.2) is 57.8 Å². The molecular weight excluding hydrogens is 266 g/mol. The first-order chi connectivity index (χ1) is 9.38. The molecule has 0 saturated heterocycles. The van der Waals surface area contributed by atoms with Crippen LogP contribution in [0.2, 0.25) is 0 Å². The minimum atomic E-state index is -1.14. The molecule has 1 aromatic rings. The predicted octanol–water partition coefficient (Wildman–Crippen LogP) is -1.24. The van der Waals surface area contributed by atoms with Gasteiger partial charge in [-0.3, -0.25) is 14.3 Å². The van der Waals surface area contributed by atoms with E-state index in [4.69, 9.17) is 5.11 Å². The summed E-state index contributed by atoms with van der Waals surface area (Å²) < 4.78 is 1.63. The van der Waals surface area contributed by atoms with E-state index in [-0.39, 0.29) is 6.54 Å². The Bertz CT molecular complexity index is 499. The molecule has 0 fully saturated rings. The highest BCUT2D eigenvalue weighted by atomic mass is 16.4. The fraction of sp³-hybridized carbons (Fsp3) is 0.455. The summed E-state index contributed by atoms with van der Waals surface area (Å²) in [5.41, 5.74) is 0.862. The maximum atomic E-state index is 11.7.